The summed E-state index contributed by atoms with van der Waals surface area (Å²) in [5.74, 6) is 0.209. The molecule has 2 aromatic rings. The molecule has 0 aromatic heterocycles. The van der Waals surface area contributed by atoms with Gasteiger partial charge in [0.1, 0.15) is 11.5 Å². The fraction of sp³-hybridized carbons (Fsp3) is 0.0769. The summed E-state index contributed by atoms with van der Waals surface area (Å²) >= 11 is 0. The van der Waals surface area contributed by atoms with E-state index in [1.807, 2.05) is 25.1 Å². The normalized spacial score (nSPS) is 10.3. The second kappa shape index (κ2) is 3.77. The molecule has 0 heterocycles. The molecule has 3 heteroatoms. The number of rotatable bonds is 1. The number of hydrogen-bond donors (Lipinski definition) is 3. The number of aromatic hydroxyl groups is 2. The first-order chi connectivity index (χ1) is 7.58. The van der Waals surface area contributed by atoms with E-state index < -0.39 is 0 Å². The molecule has 0 radical (unpaired) electrons. The molecule has 16 heavy (non-hydrogen) atoms. The third kappa shape index (κ3) is 1.80. The van der Waals surface area contributed by atoms with Gasteiger partial charge >= 0.3 is 0 Å². The molecule has 0 saturated carbocycles. The lowest BCUT2D eigenvalue weighted by molar-refractivity contribution is 0.462. The third-order valence-corrected chi connectivity index (χ3v) is 2.48. The average Bonchev–Trinajstić information content (AvgIpc) is 2.22. The second-order valence-corrected chi connectivity index (χ2v) is 3.79. The van der Waals surface area contributed by atoms with Gasteiger partial charge in [-0.25, -0.2) is 0 Å². The Labute approximate surface area is 93.8 Å². The molecule has 3 nitrogen and oxygen atoms in total. The highest BCUT2D eigenvalue weighted by Gasteiger charge is 2.08. The lowest BCUT2D eigenvalue weighted by atomic mass is 10.0. The van der Waals surface area contributed by atoms with Crippen molar-refractivity contribution in [3.63, 3.8) is 0 Å². The zero-order chi connectivity index (χ0) is 11.7. The van der Waals surface area contributed by atoms with Crippen molar-refractivity contribution in [3.8, 4) is 22.6 Å². The second-order valence-electron chi connectivity index (χ2n) is 3.79. The fourth-order valence-electron chi connectivity index (χ4n) is 1.67. The number of phenols is 2. The number of phenolic OH excluding ortho intramolecular Hbond substituents is 2. The van der Waals surface area contributed by atoms with Crippen molar-refractivity contribution in [2.75, 3.05) is 5.73 Å². The number of anilines is 1. The van der Waals surface area contributed by atoms with Crippen LogP contribution in [0.4, 0.5) is 5.69 Å². The van der Waals surface area contributed by atoms with Gasteiger partial charge in [0.05, 0.1) is 0 Å². The van der Waals surface area contributed by atoms with Gasteiger partial charge in [0.25, 0.3) is 0 Å². The van der Waals surface area contributed by atoms with Gasteiger partial charge in [0.15, 0.2) is 0 Å². The van der Waals surface area contributed by atoms with Crippen molar-refractivity contribution < 1.29 is 10.2 Å². The van der Waals surface area contributed by atoms with Gasteiger partial charge in [-0.1, -0.05) is 12.1 Å². The highest BCUT2D eigenvalue weighted by Crippen LogP contribution is 2.35. The van der Waals surface area contributed by atoms with E-state index in [9.17, 15) is 10.2 Å². The quantitative estimate of drug-likeness (QED) is 0.506. The number of hydrogen-bond acceptors (Lipinski definition) is 3. The minimum absolute atomic E-state index is 0.104. The largest absolute Gasteiger partial charge is 0.508 e. The number of nitrogens with two attached hydrogens (primary N) is 1. The van der Waals surface area contributed by atoms with Gasteiger partial charge in [0.2, 0.25) is 0 Å². The van der Waals surface area contributed by atoms with Gasteiger partial charge in [-0.05, 0) is 36.8 Å². The maximum Gasteiger partial charge on any atom is 0.123 e. The molecule has 82 valence electrons. The van der Waals surface area contributed by atoms with Gasteiger partial charge in [-0.15, -0.1) is 0 Å². The molecule has 0 aliphatic heterocycles. The summed E-state index contributed by atoms with van der Waals surface area (Å²) < 4.78 is 0. The van der Waals surface area contributed by atoms with Crippen molar-refractivity contribution in [2.24, 2.45) is 0 Å². The molecule has 0 atom stereocenters. The van der Waals surface area contributed by atoms with Crippen molar-refractivity contribution in [1.29, 1.82) is 0 Å². The molecule has 0 spiro atoms. The van der Waals surface area contributed by atoms with Gasteiger partial charge < -0.3 is 15.9 Å². The van der Waals surface area contributed by atoms with Crippen LogP contribution in [-0.2, 0) is 0 Å². The minimum atomic E-state index is 0.104. The SMILES string of the molecule is Cc1ccc(-c2cc(O)ccc2O)c(N)c1. The molecule has 4 N–H and O–H groups in total. The Morgan fingerprint density at radius 1 is 0.938 bits per heavy atom. The Morgan fingerprint density at radius 2 is 1.69 bits per heavy atom. The first kappa shape index (κ1) is 10.4. The monoisotopic (exact) mass is 215 g/mol. The first-order valence-corrected chi connectivity index (χ1v) is 4.96. The molecule has 0 aliphatic rings. The molecule has 2 rings (SSSR count). The molecule has 2 aromatic carbocycles. The Morgan fingerprint density at radius 3 is 2.38 bits per heavy atom. The van der Waals surface area contributed by atoms with Crippen LogP contribution in [0.2, 0.25) is 0 Å². The average molecular weight is 215 g/mol. The van der Waals surface area contributed by atoms with E-state index in [0.29, 0.717) is 11.3 Å². The molecule has 0 unspecified atom stereocenters. The maximum atomic E-state index is 9.72. The highest BCUT2D eigenvalue weighted by atomic mass is 16.3. The first-order valence-electron chi connectivity index (χ1n) is 4.96. The number of aryl methyl sites for hydroxylation is 1. The van der Waals surface area contributed by atoms with Gasteiger partial charge in [-0.2, -0.15) is 0 Å². The zero-order valence-electron chi connectivity index (χ0n) is 8.94. The summed E-state index contributed by atoms with van der Waals surface area (Å²) in [4.78, 5) is 0. The topological polar surface area (TPSA) is 66.5 Å². The molecule has 0 amide bonds. The van der Waals surface area contributed by atoms with E-state index in [1.165, 1.54) is 18.2 Å². The van der Waals surface area contributed by atoms with Crippen LogP contribution in [0.3, 0.4) is 0 Å². The standard InChI is InChI=1S/C13H13NO2/c1-8-2-4-10(12(14)6-8)11-7-9(15)3-5-13(11)16/h2-7,15-16H,14H2,1H3. The molecular weight excluding hydrogens is 202 g/mol. The van der Waals surface area contributed by atoms with Crippen LogP contribution in [-0.4, -0.2) is 10.2 Å². The van der Waals surface area contributed by atoms with Crippen molar-refractivity contribution in [3.05, 3.63) is 42.0 Å². The molecule has 0 saturated heterocycles. The van der Waals surface area contributed by atoms with E-state index >= 15 is 0 Å². The Bertz CT molecular complexity index is 535. The van der Waals surface area contributed by atoms with Crippen LogP contribution in [0.25, 0.3) is 11.1 Å². The summed E-state index contributed by atoms with van der Waals surface area (Å²) in [7, 11) is 0. The third-order valence-electron chi connectivity index (χ3n) is 2.48. The fourth-order valence-corrected chi connectivity index (χ4v) is 1.67. The van der Waals surface area contributed by atoms with Gasteiger partial charge in [0, 0.05) is 16.8 Å². The maximum absolute atomic E-state index is 9.72. The van der Waals surface area contributed by atoms with E-state index in [2.05, 4.69) is 0 Å². The van der Waals surface area contributed by atoms with Crippen LogP contribution >= 0.6 is 0 Å². The van der Waals surface area contributed by atoms with Crippen LogP contribution in [0.5, 0.6) is 11.5 Å². The predicted octanol–water partition coefficient (Wildman–Crippen LogP) is 2.66. The molecule has 0 fully saturated rings. The lowest BCUT2D eigenvalue weighted by Gasteiger charge is -2.09. The summed E-state index contributed by atoms with van der Waals surface area (Å²) in [6.07, 6.45) is 0. The van der Waals surface area contributed by atoms with E-state index in [-0.39, 0.29) is 11.5 Å². The lowest BCUT2D eigenvalue weighted by Crippen LogP contribution is -1.91. The Balaban J connectivity index is 2.62. The summed E-state index contributed by atoms with van der Waals surface area (Å²) in [5.41, 5.74) is 8.78. The zero-order valence-corrected chi connectivity index (χ0v) is 8.94. The Kier molecular flexibility index (Phi) is 2.44. The minimum Gasteiger partial charge on any atom is -0.508 e. The molecule has 0 aliphatic carbocycles. The van der Waals surface area contributed by atoms with E-state index in [4.69, 9.17) is 5.73 Å². The van der Waals surface area contributed by atoms with Crippen LogP contribution < -0.4 is 5.73 Å². The van der Waals surface area contributed by atoms with Gasteiger partial charge in [-0.3, -0.25) is 0 Å². The Hall–Kier alpha value is -2.16. The highest BCUT2D eigenvalue weighted by molar-refractivity contribution is 5.81. The predicted molar refractivity (Wildman–Crippen MR) is 64.4 cm³/mol. The molecular formula is C13H13NO2. The van der Waals surface area contributed by atoms with Crippen molar-refractivity contribution >= 4 is 5.69 Å². The van der Waals surface area contributed by atoms with Crippen LogP contribution in [0.15, 0.2) is 36.4 Å². The number of benzene rings is 2. The molecule has 0 bridgehead atoms. The van der Waals surface area contributed by atoms with Crippen molar-refractivity contribution in [2.45, 2.75) is 6.92 Å². The number of nitrogen functional groups attached to an aromatic ring is 1. The van der Waals surface area contributed by atoms with E-state index in [0.717, 1.165) is 11.1 Å². The smallest absolute Gasteiger partial charge is 0.123 e. The summed E-state index contributed by atoms with van der Waals surface area (Å²) in [5, 5.41) is 19.1. The van der Waals surface area contributed by atoms with Crippen LogP contribution in [0, 0.1) is 6.92 Å². The summed E-state index contributed by atoms with van der Waals surface area (Å²) in [6.45, 7) is 1.95. The summed E-state index contributed by atoms with van der Waals surface area (Å²) in [6, 6.07) is 9.96. The van der Waals surface area contributed by atoms with E-state index in [1.54, 1.807) is 0 Å². The van der Waals surface area contributed by atoms with Crippen molar-refractivity contribution in [1.82, 2.24) is 0 Å². The van der Waals surface area contributed by atoms with Crippen LogP contribution in [0.1, 0.15) is 5.56 Å².